The molecule has 1 aromatic carbocycles. The minimum absolute atomic E-state index is 0.120. The van der Waals surface area contributed by atoms with Crippen LogP contribution < -0.4 is 4.72 Å². The molecule has 1 unspecified atom stereocenters. The standard InChI is InChI=1S/C12H16NO3S2/c1-17-8-7-12(9-14)13-18(15,16)10-11-5-3-2-4-6-11/h2-6,12-13H,7-8,10H2,1H3. The minimum Gasteiger partial charge on any atom is -0.289 e. The molecule has 0 aliphatic carbocycles. The molecule has 0 amide bonds. The van der Waals surface area contributed by atoms with Gasteiger partial charge in [-0.1, -0.05) is 30.3 Å². The van der Waals surface area contributed by atoms with Crippen molar-refractivity contribution in [3.8, 4) is 0 Å². The lowest BCUT2D eigenvalue weighted by Crippen LogP contribution is -2.37. The highest BCUT2D eigenvalue weighted by atomic mass is 32.2. The first kappa shape index (κ1) is 15.2. The van der Waals surface area contributed by atoms with Crippen molar-refractivity contribution >= 4 is 28.1 Å². The van der Waals surface area contributed by atoms with Crippen LogP contribution in [0.15, 0.2) is 30.3 Å². The van der Waals surface area contributed by atoms with E-state index in [2.05, 4.69) is 4.72 Å². The fourth-order valence-corrected chi connectivity index (χ4v) is 3.22. The molecule has 0 heterocycles. The van der Waals surface area contributed by atoms with Crippen molar-refractivity contribution in [1.29, 1.82) is 0 Å². The first-order valence-electron chi connectivity index (χ1n) is 5.48. The molecule has 0 aliphatic heterocycles. The summed E-state index contributed by atoms with van der Waals surface area (Å²) < 4.78 is 26.0. The van der Waals surface area contributed by atoms with Gasteiger partial charge in [0.25, 0.3) is 0 Å². The SMILES string of the molecule is CSCCC([C]=O)NS(=O)(=O)Cc1ccccc1. The monoisotopic (exact) mass is 286 g/mol. The number of hydrogen-bond acceptors (Lipinski definition) is 4. The third-order valence-electron chi connectivity index (χ3n) is 2.27. The summed E-state index contributed by atoms with van der Waals surface area (Å²) in [6, 6.07) is 8.10. The largest absolute Gasteiger partial charge is 0.289 e. The Balaban J connectivity index is 2.61. The van der Waals surface area contributed by atoms with E-state index >= 15 is 0 Å². The summed E-state index contributed by atoms with van der Waals surface area (Å²) in [6.45, 7) is 0. The Kier molecular flexibility index (Phi) is 6.38. The molecule has 0 aliphatic rings. The van der Waals surface area contributed by atoms with Crippen LogP contribution in [0, 0.1) is 0 Å². The van der Waals surface area contributed by atoms with Crippen molar-refractivity contribution in [2.45, 2.75) is 18.2 Å². The van der Waals surface area contributed by atoms with Crippen LogP contribution in [-0.2, 0) is 20.6 Å². The lowest BCUT2D eigenvalue weighted by molar-refractivity contribution is 0.524. The van der Waals surface area contributed by atoms with Gasteiger partial charge >= 0.3 is 0 Å². The Hall–Kier alpha value is -0.850. The summed E-state index contributed by atoms with van der Waals surface area (Å²) in [6.07, 6.45) is 4.09. The summed E-state index contributed by atoms with van der Waals surface area (Å²) >= 11 is 1.56. The molecule has 0 bridgehead atoms. The summed E-state index contributed by atoms with van der Waals surface area (Å²) in [5.74, 6) is 0.596. The Morgan fingerprint density at radius 1 is 1.33 bits per heavy atom. The maximum atomic E-state index is 11.8. The number of sulfonamides is 1. The van der Waals surface area contributed by atoms with Crippen LogP contribution in [-0.4, -0.2) is 32.8 Å². The highest BCUT2D eigenvalue weighted by molar-refractivity contribution is 7.98. The zero-order valence-corrected chi connectivity index (χ0v) is 11.8. The predicted octanol–water partition coefficient (Wildman–Crippen LogP) is 1.34. The van der Waals surface area contributed by atoms with Crippen molar-refractivity contribution in [3.63, 3.8) is 0 Å². The second kappa shape index (κ2) is 7.56. The number of benzene rings is 1. The molecule has 0 aromatic heterocycles. The minimum atomic E-state index is -3.50. The molecule has 1 N–H and O–H groups in total. The van der Waals surface area contributed by atoms with Gasteiger partial charge < -0.3 is 0 Å². The van der Waals surface area contributed by atoms with E-state index < -0.39 is 16.1 Å². The zero-order chi connectivity index (χ0) is 13.4. The molecule has 1 aromatic rings. The van der Waals surface area contributed by atoms with Gasteiger partial charge in [-0.15, -0.1) is 0 Å². The predicted molar refractivity (Wildman–Crippen MR) is 74.7 cm³/mol. The van der Waals surface area contributed by atoms with E-state index in [1.54, 1.807) is 42.3 Å². The first-order valence-corrected chi connectivity index (χ1v) is 8.52. The second-order valence-electron chi connectivity index (χ2n) is 3.81. The van der Waals surface area contributed by atoms with Crippen molar-refractivity contribution in [2.24, 2.45) is 0 Å². The van der Waals surface area contributed by atoms with Crippen molar-refractivity contribution in [3.05, 3.63) is 35.9 Å². The fourth-order valence-electron chi connectivity index (χ4n) is 1.43. The molecule has 4 nitrogen and oxygen atoms in total. The Morgan fingerprint density at radius 3 is 2.56 bits per heavy atom. The molecule has 18 heavy (non-hydrogen) atoms. The molecule has 1 rings (SSSR count). The third-order valence-corrected chi connectivity index (χ3v) is 4.28. The molecule has 99 valence electrons. The highest BCUT2D eigenvalue weighted by Crippen LogP contribution is 2.06. The van der Waals surface area contributed by atoms with Gasteiger partial charge in [-0.2, -0.15) is 11.8 Å². The van der Waals surface area contributed by atoms with Crippen LogP contribution in [0.3, 0.4) is 0 Å². The Bertz CT molecular complexity index is 459. The average Bonchev–Trinajstić information content (AvgIpc) is 2.35. The van der Waals surface area contributed by atoms with Crippen LogP contribution in [0.25, 0.3) is 0 Å². The third kappa shape index (κ3) is 5.66. The smallest absolute Gasteiger partial charge is 0.217 e. The maximum absolute atomic E-state index is 11.8. The van der Waals surface area contributed by atoms with E-state index in [0.717, 1.165) is 0 Å². The lowest BCUT2D eigenvalue weighted by atomic mass is 10.2. The van der Waals surface area contributed by atoms with Gasteiger partial charge in [0, 0.05) is 0 Å². The number of nitrogens with one attached hydrogen (secondary N) is 1. The second-order valence-corrected chi connectivity index (χ2v) is 6.55. The molecule has 6 heteroatoms. The van der Waals surface area contributed by atoms with Crippen LogP contribution in [0.2, 0.25) is 0 Å². The number of carbonyl (C=O) groups excluding carboxylic acids is 1. The Morgan fingerprint density at radius 2 is 2.00 bits per heavy atom. The van der Waals surface area contributed by atoms with Crippen LogP contribution in [0.5, 0.6) is 0 Å². The van der Waals surface area contributed by atoms with Gasteiger partial charge in [0.15, 0.2) is 0 Å². The average molecular weight is 286 g/mol. The molecule has 1 radical (unpaired) electrons. The molecular weight excluding hydrogens is 270 g/mol. The zero-order valence-electron chi connectivity index (χ0n) is 10.1. The fraction of sp³-hybridized carbons (Fsp3) is 0.417. The van der Waals surface area contributed by atoms with Gasteiger partial charge in [0.1, 0.15) is 0 Å². The molecule has 1 atom stereocenters. The van der Waals surface area contributed by atoms with Gasteiger partial charge in [-0.25, -0.2) is 13.1 Å². The summed E-state index contributed by atoms with van der Waals surface area (Å²) in [5.41, 5.74) is 0.694. The van der Waals surface area contributed by atoms with E-state index in [1.165, 1.54) is 0 Å². The summed E-state index contributed by atoms with van der Waals surface area (Å²) in [5, 5.41) is 0. The summed E-state index contributed by atoms with van der Waals surface area (Å²) in [7, 11) is -3.50. The van der Waals surface area contributed by atoms with Crippen LogP contribution in [0.1, 0.15) is 12.0 Å². The van der Waals surface area contributed by atoms with E-state index in [4.69, 9.17) is 0 Å². The van der Waals surface area contributed by atoms with E-state index in [9.17, 15) is 13.2 Å². The van der Waals surface area contributed by atoms with Crippen molar-refractivity contribution < 1.29 is 13.2 Å². The number of rotatable bonds is 8. The number of hydrogen-bond donors (Lipinski definition) is 1. The quantitative estimate of drug-likeness (QED) is 0.783. The maximum Gasteiger partial charge on any atom is 0.217 e. The normalized spacial score (nSPS) is 13.2. The van der Waals surface area contributed by atoms with Gasteiger partial charge in [-0.3, -0.25) is 4.79 Å². The van der Waals surface area contributed by atoms with E-state index in [0.29, 0.717) is 17.7 Å². The Labute approximate surface area is 112 Å². The van der Waals surface area contributed by atoms with Gasteiger partial charge in [0.05, 0.1) is 11.8 Å². The highest BCUT2D eigenvalue weighted by Gasteiger charge is 2.18. The summed E-state index contributed by atoms with van der Waals surface area (Å²) in [4.78, 5) is 10.7. The topological polar surface area (TPSA) is 63.2 Å². The molecule has 0 spiro atoms. The molecule has 0 fully saturated rings. The van der Waals surface area contributed by atoms with Crippen LogP contribution >= 0.6 is 11.8 Å². The van der Waals surface area contributed by atoms with Crippen molar-refractivity contribution in [1.82, 2.24) is 4.72 Å². The lowest BCUT2D eigenvalue weighted by Gasteiger charge is -2.11. The first-order chi connectivity index (χ1) is 8.57. The van der Waals surface area contributed by atoms with E-state index in [-0.39, 0.29) is 5.75 Å². The van der Waals surface area contributed by atoms with Gasteiger partial charge in [0.2, 0.25) is 16.3 Å². The molecule has 0 saturated carbocycles. The number of thioether (sulfide) groups is 1. The van der Waals surface area contributed by atoms with Crippen molar-refractivity contribution in [2.75, 3.05) is 12.0 Å². The van der Waals surface area contributed by atoms with Gasteiger partial charge in [-0.05, 0) is 24.0 Å². The van der Waals surface area contributed by atoms with E-state index in [1.807, 2.05) is 12.3 Å². The van der Waals surface area contributed by atoms with Crippen LogP contribution in [0.4, 0.5) is 0 Å². The molecule has 0 saturated heterocycles. The molecular formula is C12H16NO3S2.